The molecule has 0 fully saturated rings. The van der Waals surface area contributed by atoms with Crippen LogP contribution in [0.5, 0.6) is 0 Å². The molecule has 1 aromatic carbocycles. The summed E-state index contributed by atoms with van der Waals surface area (Å²) in [6, 6.07) is 6.12. The smallest absolute Gasteiger partial charge is 0.332 e. The van der Waals surface area contributed by atoms with E-state index in [2.05, 4.69) is 5.32 Å². The van der Waals surface area contributed by atoms with Crippen molar-refractivity contribution in [2.45, 2.75) is 6.92 Å². The molecule has 0 saturated carbocycles. The average Bonchev–Trinajstić information content (AvgIpc) is 2.39. The number of carbonyl (C=O) groups is 2. The van der Waals surface area contributed by atoms with E-state index in [1.165, 1.54) is 19.0 Å². The summed E-state index contributed by atoms with van der Waals surface area (Å²) in [5, 5.41) is 2.87. The number of para-hydroxylation sites is 1. The van der Waals surface area contributed by atoms with Crippen LogP contribution in [0.4, 0.5) is 15.3 Å². The molecule has 0 radical (unpaired) electrons. The molecule has 0 bridgehead atoms. The first kappa shape index (κ1) is 14.3. The summed E-state index contributed by atoms with van der Waals surface area (Å²) in [6.45, 7) is 2.24. The maximum Gasteiger partial charge on any atom is 0.332 e. The van der Waals surface area contributed by atoms with Crippen LogP contribution in [0.2, 0.25) is 5.02 Å². The van der Waals surface area contributed by atoms with Crippen LogP contribution in [-0.4, -0.2) is 37.6 Å². The molecule has 1 N–H and O–H groups in total. The number of amides is 4. The van der Waals surface area contributed by atoms with E-state index < -0.39 is 12.1 Å². The monoisotopic (exact) mass is 269 g/mol. The van der Waals surface area contributed by atoms with Crippen LogP contribution in [0.1, 0.15) is 6.92 Å². The molecule has 0 saturated heterocycles. The van der Waals surface area contributed by atoms with E-state index in [1.807, 2.05) is 6.92 Å². The molecule has 4 amide bonds. The zero-order valence-corrected chi connectivity index (χ0v) is 11.4. The van der Waals surface area contributed by atoms with Gasteiger partial charge in [0.1, 0.15) is 0 Å². The fraction of sp³-hybridized carbons (Fsp3) is 0.333. The van der Waals surface area contributed by atoms with Gasteiger partial charge in [-0.2, -0.15) is 0 Å². The normalized spacial score (nSPS) is 9.78. The number of imide groups is 1. The van der Waals surface area contributed by atoms with Crippen molar-refractivity contribution >= 4 is 29.4 Å². The molecule has 0 aromatic heterocycles. The largest absolute Gasteiger partial charge is 0.341 e. The lowest BCUT2D eigenvalue weighted by Crippen LogP contribution is -2.47. The maximum absolute atomic E-state index is 12.2. The summed E-state index contributed by atoms with van der Waals surface area (Å²) in [4.78, 5) is 26.0. The van der Waals surface area contributed by atoms with Gasteiger partial charge in [0.2, 0.25) is 0 Å². The summed E-state index contributed by atoms with van der Waals surface area (Å²) < 4.78 is 0. The minimum absolute atomic E-state index is 0.421. The summed E-state index contributed by atoms with van der Waals surface area (Å²) >= 11 is 6.05. The van der Waals surface area contributed by atoms with Crippen molar-refractivity contribution in [2.24, 2.45) is 0 Å². The van der Waals surface area contributed by atoms with Gasteiger partial charge in [0.25, 0.3) is 0 Å². The fourth-order valence-electron chi connectivity index (χ4n) is 1.51. The van der Waals surface area contributed by atoms with E-state index in [0.717, 1.165) is 4.90 Å². The Bertz CT molecular complexity index is 451. The second kappa shape index (κ2) is 6.26. The zero-order chi connectivity index (χ0) is 13.7. The number of hydrogen-bond acceptors (Lipinski definition) is 2. The van der Waals surface area contributed by atoms with Crippen LogP contribution >= 0.6 is 11.6 Å². The van der Waals surface area contributed by atoms with E-state index in [1.54, 1.807) is 24.3 Å². The number of carbonyl (C=O) groups excluding carboxylic acids is 2. The van der Waals surface area contributed by atoms with Crippen molar-refractivity contribution in [3.63, 3.8) is 0 Å². The highest BCUT2D eigenvalue weighted by Gasteiger charge is 2.23. The van der Waals surface area contributed by atoms with Gasteiger partial charge in [-0.25, -0.2) is 14.5 Å². The molecule has 0 aliphatic rings. The number of rotatable bonds is 2. The van der Waals surface area contributed by atoms with E-state index >= 15 is 0 Å². The first-order valence-electron chi connectivity index (χ1n) is 5.54. The highest BCUT2D eigenvalue weighted by Crippen LogP contribution is 2.25. The highest BCUT2D eigenvalue weighted by molar-refractivity contribution is 6.33. The molecule has 5 nitrogen and oxygen atoms in total. The Labute approximate surface area is 111 Å². The van der Waals surface area contributed by atoms with Crippen molar-refractivity contribution in [3.8, 4) is 0 Å². The molecular formula is C12H16ClN3O2. The van der Waals surface area contributed by atoms with Gasteiger partial charge in [0.15, 0.2) is 0 Å². The maximum atomic E-state index is 12.2. The van der Waals surface area contributed by atoms with Gasteiger partial charge in [0.05, 0.1) is 10.7 Å². The lowest BCUT2D eigenvalue weighted by Gasteiger charge is -2.26. The summed E-state index contributed by atoms with van der Waals surface area (Å²) in [5.41, 5.74) is 0.586. The molecule has 6 heteroatoms. The first-order valence-corrected chi connectivity index (χ1v) is 5.92. The van der Waals surface area contributed by atoms with Gasteiger partial charge in [-0.15, -0.1) is 0 Å². The first-order chi connectivity index (χ1) is 8.52. The van der Waals surface area contributed by atoms with Crippen molar-refractivity contribution in [2.75, 3.05) is 25.5 Å². The highest BCUT2D eigenvalue weighted by atomic mass is 35.5. The van der Waals surface area contributed by atoms with Gasteiger partial charge in [-0.1, -0.05) is 23.7 Å². The summed E-state index contributed by atoms with van der Waals surface area (Å²) in [5.74, 6) is 0. The molecular weight excluding hydrogens is 254 g/mol. The number of nitrogens with one attached hydrogen (secondary N) is 1. The SMILES string of the molecule is CCN(C(=O)N(C)C(=O)NC)c1ccccc1Cl. The molecule has 0 atom stereocenters. The van der Waals surface area contributed by atoms with E-state index in [4.69, 9.17) is 11.6 Å². The van der Waals surface area contributed by atoms with Crippen LogP contribution < -0.4 is 10.2 Å². The molecule has 0 aliphatic carbocycles. The van der Waals surface area contributed by atoms with Gasteiger partial charge in [0, 0.05) is 20.6 Å². The van der Waals surface area contributed by atoms with Gasteiger partial charge in [-0.05, 0) is 19.1 Å². The van der Waals surface area contributed by atoms with E-state index in [0.29, 0.717) is 17.3 Å². The number of hydrogen-bond donors (Lipinski definition) is 1. The third-order valence-electron chi connectivity index (χ3n) is 2.50. The van der Waals surface area contributed by atoms with Crippen LogP contribution in [0, 0.1) is 0 Å². The zero-order valence-electron chi connectivity index (χ0n) is 10.6. The van der Waals surface area contributed by atoms with E-state index in [-0.39, 0.29) is 0 Å². The van der Waals surface area contributed by atoms with E-state index in [9.17, 15) is 9.59 Å². The lowest BCUT2D eigenvalue weighted by molar-refractivity contribution is 0.200. The summed E-state index contributed by atoms with van der Waals surface area (Å²) in [7, 11) is 2.89. The average molecular weight is 270 g/mol. The fourth-order valence-corrected chi connectivity index (χ4v) is 1.75. The number of nitrogens with zero attached hydrogens (tertiary/aromatic N) is 2. The minimum atomic E-state index is -0.467. The van der Waals surface area contributed by atoms with Crippen molar-refractivity contribution in [3.05, 3.63) is 29.3 Å². The van der Waals surface area contributed by atoms with Crippen molar-refractivity contribution in [1.29, 1.82) is 0 Å². The Morgan fingerprint density at radius 1 is 1.33 bits per heavy atom. The Morgan fingerprint density at radius 2 is 1.94 bits per heavy atom. The Kier molecular flexibility index (Phi) is 4.97. The lowest BCUT2D eigenvalue weighted by atomic mass is 10.3. The molecule has 1 aromatic rings. The van der Waals surface area contributed by atoms with Crippen molar-refractivity contribution in [1.82, 2.24) is 10.2 Å². The van der Waals surface area contributed by atoms with Crippen LogP contribution in [0.25, 0.3) is 0 Å². The van der Waals surface area contributed by atoms with Gasteiger partial charge in [-0.3, -0.25) is 4.90 Å². The third-order valence-corrected chi connectivity index (χ3v) is 2.82. The molecule has 0 spiro atoms. The minimum Gasteiger partial charge on any atom is -0.341 e. The molecule has 0 aliphatic heterocycles. The number of benzene rings is 1. The number of halogens is 1. The predicted molar refractivity (Wildman–Crippen MR) is 72.1 cm³/mol. The van der Waals surface area contributed by atoms with Gasteiger partial charge < -0.3 is 5.32 Å². The standard InChI is InChI=1S/C12H16ClN3O2/c1-4-16(10-8-6-5-7-9(10)13)12(18)15(3)11(17)14-2/h5-8H,4H2,1-3H3,(H,14,17). The predicted octanol–water partition coefficient (Wildman–Crippen LogP) is 2.56. The molecule has 18 heavy (non-hydrogen) atoms. The Balaban J connectivity index is 3.01. The van der Waals surface area contributed by atoms with Crippen molar-refractivity contribution < 1.29 is 9.59 Å². The Hall–Kier alpha value is -1.75. The van der Waals surface area contributed by atoms with Crippen LogP contribution in [0.15, 0.2) is 24.3 Å². The molecule has 98 valence electrons. The molecule has 0 unspecified atom stereocenters. The number of urea groups is 2. The second-order valence-electron chi connectivity index (χ2n) is 3.59. The topological polar surface area (TPSA) is 52.7 Å². The Morgan fingerprint density at radius 3 is 2.44 bits per heavy atom. The third kappa shape index (κ3) is 2.92. The second-order valence-corrected chi connectivity index (χ2v) is 4.00. The summed E-state index contributed by atoms with van der Waals surface area (Å²) in [6.07, 6.45) is 0. The molecule has 0 heterocycles. The van der Waals surface area contributed by atoms with Gasteiger partial charge >= 0.3 is 12.1 Å². The quantitative estimate of drug-likeness (QED) is 0.897. The van der Waals surface area contributed by atoms with Crippen LogP contribution in [0.3, 0.4) is 0 Å². The molecule has 1 rings (SSSR count). The van der Waals surface area contributed by atoms with Crippen LogP contribution in [-0.2, 0) is 0 Å². The number of anilines is 1.